The molecular formula is C13H21N3O. The van der Waals surface area contributed by atoms with Gasteiger partial charge in [0.25, 0.3) is 5.56 Å². The lowest BCUT2D eigenvalue weighted by molar-refractivity contribution is 0.435. The summed E-state index contributed by atoms with van der Waals surface area (Å²) in [5, 5.41) is 3.41. The predicted octanol–water partition coefficient (Wildman–Crippen LogP) is 2.18. The summed E-state index contributed by atoms with van der Waals surface area (Å²) in [7, 11) is 0. The van der Waals surface area contributed by atoms with Crippen molar-refractivity contribution in [2.24, 2.45) is 11.8 Å². The Kier molecular flexibility index (Phi) is 3.50. The Morgan fingerprint density at radius 3 is 2.82 bits per heavy atom. The van der Waals surface area contributed by atoms with E-state index >= 15 is 0 Å². The average Bonchev–Trinajstić information content (AvgIpc) is 2.60. The van der Waals surface area contributed by atoms with Gasteiger partial charge in [0.2, 0.25) is 0 Å². The molecular weight excluding hydrogens is 214 g/mol. The van der Waals surface area contributed by atoms with Crippen LogP contribution < -0.4 is 10.9 Å². The zero-order valence-electron chi connectivity index (χ0n) is 10.8. The first-order valence-corrected chi connectivity index (χ1v) is 6.47. The van der Waals surface area contributed by atoms with Gasteiger partial charge in [-0.25, -0.2) is 4.98 Å². The molecule has 1 aromatic rings. The molecule has 0 aliphatic heterocycles. The van der Waals surface area contributed by atoms with Crippen molar-refractivity contribution in [3.8, 4) is 0 Å². The molecule has 3 unspecified atom stereocenters. The molecule has 0 aromatic carbocycles. The Morgan fingerprint density at radius 2 is 2.24 bits per heavy atom. The van der Waals surface area contributed by atoms with Crippen LogP contribution in [0.2, 0.25) is 0 Å². The molecule has 1 heterocycles. The van der Waals surface area contributed by atoms with Gasteiger partial charge < -0.3 is 10.3 Å². The molecule has 0 amide bonds. The number of aryl methyl sites for hydroxylation is 1. The standard InChI is InChI=1S/C13H21N3O/c1-4-11-15-12(7-13(17)16-11)14-10-6-5-8(2)9(10)3/h7-10H,4-6H2,1-3H3,(H2,14,15,16,17). The van der Waals surface area contributed by atoms with E-state index in [0.29, 0.717) is 12.0 Å². The van der Waals surface area contributed by atoms with Crippen molar-refractivity contribution in [3.63, 3.8) is 0 Å². The van der Waals surface area contributed by atoms with E-state index in [1.807, 2.05) is 6.92 Å². The molecule has 0 spiro atoms. The van der Waals surface area contributed by atoms with Gasteiger partial charge >= 0.3 is 0 Å². The number of rotatable bonds is 3. The van der Waals surface area contributed by atoms with Crippen molar-refractivity contribution in [2.75, 3.05) is 5.32 Å². The Balaban J connectivity index is 2.13. The van der Waals surface area contributed by atoms with Crippen molar-refractivity contribution in [1.29, 1.82) is 0 Å². The van der Waals surface area contributed by atoms with Crippen molar-refractivity contribution in [3.05, 3.63) is 22.2 Å². The molecule has 4 nitrogen and oxygen atoms in total. The first kappa shape index (κ1) is 12.1. The van der Waals surface area contributed by atoms with Crippen LogP contribution in [0.1, 0.15) is 39.4 Å². The highest BCUT2D eigenvalue weighted by atomic mass is 16.1. The lowest BCUT2D eigenvalue weighted by atomic mass is 9.98. The minimum atomic E-state index is -0.0713. The highest BCUT2D eigenvalue weighted by molar-refractivity contribution is 5.35. The van der Waals surface area contributed by atoms with E-state index in [2.05, 4.69) is 29.1 Å². The summed E-state index contributed by atoms with van der Waals surface area (Å²) in [6.07, 6.45) is 3.17. The van der Waals surface area contributed by atoms with Gasteiger partial charge in [-0.3, -0.25) is 4.79 Å². The van der Waals surface area contributed by atoms with Crippen molar-refractivity contribution < 1.29 is 0 Å². The third-order valence-electron chi connectivity index (χ3n) is 3.92. The van der Waals surface area contributed by atoms with E-state index < -0.39 is 0 Å². The van der Waals surface area contributed by atoms with Crippen LogP contribution >= 0.6 is 0 Å². The van der Waals surface area contributed by atoms with Gasteiger partial charge in [0.1, 0.15) is 11.6 Å². The lowest BCUT2D eigenvalue weighted by Crippen LogP contribution is -2.26. The maximum atomic E-state index is 11.5. The maximum absolute atomic E-state index is 11.5. The third-order valence-corrected chi connectivity index (χ3v) is 3.92. The number of anilines is 1. The number of hydrogen-bond acceptors (Lipinski definition) is 3. The molecule has 2 N–H and O–H groups in total. The minimum Gasteiger partial charge on any atom is -0.367 e. The van der Waals surface area contributed by atoms with E-state index in [-0.39, 0.29) is 5.56 Å². The second kappa shape index (κ2) is 4.90. The summed E-state index contributed by atoms with van der Waals surface area (Å²) in [4.78, 5) is 18.6. The van der Waals surface area contributed by atoms with Crippen LogP contribution in [0, 0.1) is 11.8 Å². The lowest BCUT2D eigenvalue weighted by Gasteiger charge is -2.20. The summed E-state index contributed by atoms with van der Waals surface area (Å²) < 4.78 is 0. The molecule has 1 aliphatic rings. The molecule has 1 aromatic heterocycles. The number of aromatic nitrogens is 2. The zero-order valence-corrected chi connectivity index (χ0v) is 10.8. The molecule has 1 saturated carbocycles. The predicted molar refractivity (Wildman–Crippen MR) is 69.2 cm³/mol. The molecule has 17 heavy (non-hydrogen) atoms. The van der Waals surface area contributed by atoms with Crippen LogP contribution in [0.4, 0.5) is 5.82 Å². The number of hydrogen-bond donors (Lipinski definition) is 2. The van der Waals surface area contributed by atoms with Crippen LogP contribution in [0.5, 0.6) is 0 Å². The molecule has 1 aliphatic carbocycles. The fourth-order valence-corrected chi connectivity index (χ4v) is 2.51. The second-order valence-corrected chi connectivity index (χ2v) is 5.10. The largest absolute Gasteiger partial charge is 0.367 e. The van der Waals surface area contributed by atoms with Crippen LogP contribution in [-0.2, 0) is 6.42 Å². The molecule has 0 bridgehead atoms. The number of nitrogens with zero attached hydrogens (tertiary/aromatic N) is 1. The SMILES string of the molecule is CCc1nc(NC2CCC(C)C2C)cc(=O)[nH]1. The first-order chi connectivity index (χ1) is 8.10. The van der Waals surface area contributed by atoms with Gasteiger partial charge in [-0.15, -0.1) is 0 Å². The summed E-state index contributed by atoms with van der Waals surface area (Å²) >= 11 is 0. The summed E-state index contributed by atoms with van der Waals surface area (Å²) in [5.74, 6) is 2.86. The van der Waals surface area contributed by atoms with Crippen molar-refractivity contribution in [1.82, 2.24) is 9.97 Å². The highest BCUT2D eigenvalue weighted by Gasteiger charge is 2.29. The molecule has 0 saturated heterocycles. The Bertz CT molecular complexity index is 441. The second-order valence-electron chi connectivity index (χ2n) is 5.10. The van der Waals surface area contributed by atoms with Gasteiger partial charge in [-0.05, 0) is 24.7 Å². The molecule has 2 rings (SSSR count). The van der Waals surface area contributed by atoms with E-state index in [1.54, 1.807) is 6.07 Å². The van der Waals surface area contributed by atoms with Gasteiger partial charge in [0.15, 0.2) is 0 Å². The quantitative estimate of drug-likeness (QED) is 0.844. The van der Waals surface area contributed by atoms with Gasteiger partial charge in [0, 0.05) is 18.5 Å². The summed E-state index contributed by atoms with van der Waals surface area (Å²) in [5.41, 5.74) is -0.0713. The molecule has 4 heteroatoms. The fourth-order valence-electron chi connectivity index (χ4n) is 2.51. The monoisotopic (exact) mass is 235 g/mol. The van der Waals surface area contributed by atoms with Gasteiger partial charge in [0.05, 0.1) is 0 Å². The van der Waals surface area contributed by atoms with Crippen LogP contribution in [0.25, 0.3) is 0 Å². The van der Waals surface area contributed by atoms with Gasteiger partial charge in [-0.1, -0.05) is 20.8 Å². The Labute approximate surface area is 102 Å². The maximum Gasteiger partial charge on any atom is 0.252 e. The average molecular weight is 235 g/mol. The smallest absolute Gasteiger partial charge is 0.252 e. The number of aromatic amines is 1. The number of H-pyrrole nitrogens is 1. The zero-order chi connectivity index (χ0) is 12.4. The normalized spacial score (nSPS) is 28.3. The first-order valence-electron chi connectivity index (χ1n) is 6.47. The van der Waals surface area contributed by atoms with Gasteiger partial charge in [-0.2, -0.15) is 0 Å². The molecule has 94 valence electrons. The van der Waals surface area contributed by atoms with E-state index in [9.17, 15) is 4.79 Å². The van der Waals surface area contributed by atoms with Crippen molar-refractivity contribution >= 4 is 5.82 Å². The minimum absolute atomic E-state index is 0.0713. The van der Waals surface area contributed by atoms with E-state index in [4.69, 9.17) is 0 Å². The molecule has 3 atom stereocenters. The third kappa shape index (κ3) is 2.68. The van der Waals surface area contributed by atoms with E-state index in [0.717, 1.165) is 30.4 Å². The fraction of sp³-hybridized carbons (Fsp3) is 0.692. The molecule has 0 radical (unpaired) electrons. The van der Waals surface area contributed by atoms with Crippen molar-refractivity contribution in [2.45, 2.75) is 46.1 Å². The summed E-state index contributed by atoms with van der Waals surface area (Å²) in [6.45, 7) is 6.54. The van der Waals surface area contributed by atoms with E-state index in [1.165, 1.54) is 6.42 Å². The highest BCUT2D eigenvalue weighted by Crippen LogP contribution is 2.32. The number of nitrogens with one attached hydrogen (secondary N) is 2. The Morgan fingerprint density at radius 1 is 1.47 bits per heavy atom. The topological polar surface area (TPSA) is 57.8 Å². The van der Waals surface area contributed by atoms with Crippen LogP contribution in [0.15, 0.2) is 10.9 Å². The Hall–Kier alpha value is -1.32. The molecule has 1 fully saturated rings. The van der Waals surface area contributed by atoms with Crippen LogP contribution in [0.3, 0.4) is 0 Å². The summed E-state index contributed by atoms with van der Waals surface area (Å²) in [6, 6.07) is 2.00. The van der Waals surface area contributed by atoms with Crippen LogP contribution in [-0.4, -0.2) is 16.0 Å².